The maximum Gasteiger partial charge on any atom is 0.254 e. The Kier molecular flexibility index (Phi) is 6.59. The van der Waals surface area contributed by atoms with E-state index in [4.69, 9.17) is 11.6 Å². The zero-order valence-electron chi connectivity index (χ0n) is 17.6. The Hall–Kier alpha value is -2.52. The molecular weight excluding hydrogens is 392 g/mol. The minimum absolute atomic E-state index is 0.0990. The molecule has 0 spiro atoms. The van der Waals surface area contributed by atoms with Crippen LogP contribution in [-0.4, -0.2) is 21.4 Å². The molecule has 30 heavy (non-hydrogen) atoms. The average molecular weight is 421 g/mol. The summed E-state index contributed by atoms with van der Waals surface area (Å²) in [5, 5.41) is 0.655. The van der Waals surface area contributed by atoms with Crippen LogP contribution in [0.15, 0.2) is 66.9 Å². The number of rotatable bonds is 6. The predicted molar refractivity (Wildman–Crippen MR) is 123 cm³/mol. The molecule has 1 aliphatic rings. The average Bonchev–Trinajstić information content (AvgIpc) is 3.19. The summed E-state index contributed by atoms with van der Waals surface area (Å²) in [5.74, 6) is 0.0990. The Bertz CT molecular complexity index is 986. The van der Waals surface area contributed by atoms with Crippen LogP contribution < -0.4 is 0 Å². The van der Waals surface area contributed by atoms with Gasteiger partial charge in [0.1, 0.15) is 0 Å². The van der Waals surface area contributed by atoms with Gasteiger partial charge in [0.15, 0.2) is 0 Å². The summed E-state index contributed by atoms with van der Waals surface area (Å²) in [7, 11) is 0. The van der Waals surface area contributed by atoms with Crippen LogP contribution in [0.5, 0.6) is 0 Å². The fraction of sp³-hybridized carbons (Fsp3) is 0.346. The minimum atomic E-state index is 0.0990. The van der Waals surface area contributed by atoms with E-state index in [0.717, 1.165) is 19.4 Å². The highest BCUT2D eigenvalue weighted by Gasteiger charge is 2.27. The van der Waals surface area contributed by atoms with Crippen molar-refractivity contribution in [3.63, 3.8) is 0 Å². The third-order valence-electron chi connectivity index (χ3n) is 6.06. The van der Waals surface area contributed by atoms with Gasteiger partial charge in [0.2, 0.25) is 0 Å². The molecule has 0 N–H and O–H groups in total. The van der Waals surface area contributed by atoms with E-state index in [0.29, 0.717) is 23.2 Å². The molecular formula is C26H29ClN2O. The van der Waals surface area contributed by atoms with Gasteiger partial charge in [0, 0.05) is 35.1 Å². The zero-order valence-corrected chi connectivity index (χ0v) is 18.3. The molecule has 0 saturated heterocycles. The molecule has 1 aliphatic carbocycles. The molecule has 1 fully saturated rings. The quantitative estimate of drug-likeness (QED) is 0.448. The number of hydrogen-bond donors (Lipinski definition) is 0. The number of benzene rings is 2. The summed E-state index contributed by atoms with van der Waals surface area (Å²) < 4.78 is 2.26. The topological polar surface area (TPSA) is 25.2 Å². The van der Waals surface area contributed by atoms with Gasteiger partial charge < -0.3 is 9.47 Å². The number of halogens is 1. The Morgan fingerprint density at radius 3 is 2.53 bits per heavy atom. The van der Waals surface area contributed by atoms with Crippen molar-refractivity contribution in [1.29, 1.82) is 0 Å². The van der Waals surface area contributed by atoms with Crippen LogP contribution in [0.3, 0.4) is 0 Å². The second kappa shape index (κ2) is 9.53. The van der Waals surface area contributed by atoms with E-state index in [1.807, 2.05) is 12.1 Å². The monoisotopic (exact) mass is 420 g/mol. The van der Waals surface area contributed by atoms with E-state index >= 15 is 0 Å². The molecule has 1 saturated carbocycles. The van der Waals surface area contributed by atoms with E-state index in [2.05, 4.69) is 59.0 Å². The van der Waals surface area contributed by atoms with Gasteiger partial charge in [-0.3, -0.25) is 4.79 Å². The summed E-state index contributed by atoms with van der Waals surface area (Å²) in [4.78, 5) is 15.6. The molecule has 0 bridgehead atoms. The molecule has 0 radical (unpaired) electrons. The first-order chi connectivity index (χ1) is 14.6. The van der Waals surface area contributed by atoms with Gasteiger partial charge in [-0.05, 0) is 61.7 Å². The van der Waals surface area contributed by atoms with Crippen molar-refractivity contribution in [2.24, 2.45) is 0 Å². The van der Waals surface area contributed by atoms with Gasteiger partial charge in [-0.25, -0.2) is 0 Å². The fourth-order valence-electron chi connectivity index (χ4n) is 4.45. The van der Waals surface area contributed by atoms with Crippen molar-refractivity contribution in [1.82, 2.24) is 9.47 Å². The van der Waals surface area contributed by atoms with Crippen molar-refractivity contribution in [3.05, 3.63) is 94.3 Å². The van der Waals surface area contributed by atoms with Crippen LogP contribution in [-0.2, 0) is 13.1 Å². The first-order valence-corrected chi connectivity index (χ1v) is 11.2. The molecule has 1 amide bonds. The van der Waals surface area contributed by atoms with Crippen LogP contribution >= 0.6 is 11.6 Å². The lowest BCUT2D eigenvalue weighted by molar-refractivity contribution is 0.0608. The Balaban J connectivity index is 1.58. The molecule has 0 atom stereocenters. The summed E-state index contributed by atoms with van der Waals surface area (Å²) in [6.45, 7) is 3.57. The highest BCUT2D eigenvalue weighted by atomic mass is 35.5. The van der Waals surface area contributed by atoms with Crippen LogP contribution in [0.25, 0.3) is 0 Å². The molecule has 0 unspecified atom stereocenters. The number of nitrogens with zero attached hydrogens (tertiary/aromatic N) is 2. The largest absolute Gasteiger partial charge is 0.345 e. The van der Waals surface area contributed by atoms with E-state index in [-0.39, 0.29) is 5.91 Å². The molecule has 0 aliphatic heterocycles. The SMILES string of the molecule is Cc1cccc(Cn2cccc2CN(C(=O)c2ccc(Cl)cc2)C2CCCCC2)c1. The van der Waals surface area contributed by atoms with Crippen LogP contribution in [0, 0.1) is 6.92 Å². The van der Waals surface area contributed by atoms with E-state index in [1.165, 1.54) is 36.1 Å². The minimum Gasteiger partial charge on any atom is -0.345 e. The van der Waals surface area contributed by atoms with E-state index < -0.39 is 0 Å². The third-order valence-corrected chi connectivity index (χ3v) is 6.31. The van der Waals surface area contributed by atoms with Gasteiger partial charge in [0.05, 0.1) is 6.54 Å². The normalized spacial score (nSPS) is 14.6. The van der Waals surface area contributed by atoms with E-state index in [9.17, 15) is 4.79 Å². The van der Waals surface area contributed by atoms with Crippen LogP contribution in [0.4, 0.5) is 0 Å². The smallest absolute Gasteiger partial charge is 0.254 e. The maximum absolute atomic E-state index is 13.5. The van der Waals surface area contributed by atoms with Crippen LogP contribution in [0.1, 0.15) is 59.3 Å². The van der Waals surface area contributed by atoms with Crippen molar-refractivity contribution in [2.45, 2.75) is 58.2 Å². The van der Waals surface area contributed by atoms with Gasteiger partial charge in [-0.2, -0.15) is 0 Å². The lowest BCUT2D eigenvalue weighted by atomic mass is 9.93. The maximum atomic E-state index is 13.5. The highest BCUT2D eigenvalue weighted by Crippen LogP contribution is 2.26. The number of carbonyl (C=O) groups excluding carboxylic acids is 1. The van der Waals surface area contributed by atoms with Crippen LogP contribution in [0.2, 0.25) is 5.02 Å². The summed E-state index contributed by atoms with van der Waals surface area (Å²) in [6, 6.07) is 20.4. The van der Waals surface area contributed by atoms with Gasteiger partial charge >= 0.3 is 0 Å². The standard InChI is InChI=1S/C26H29ClN2O/c1-20-7-5-8-21(17-20)18-28-16-6-11-25(28)19-29(24-9-3-2-4-10-24)26(30)22-12-14-23(27)15-13-22/h5-8,11-17,24H,2-4,9-10,18-19H2,1H3. The second-order valence-corrected chi connectivity index (χ2v) is 8.78. The zero-order chi connectivity index (χ0) is 20.9. The number of hydrogen-bond acceptors (Lipinski definition) is 1. The molecule has 1 heterocycles. The molecule has 4 rings (SSSR count). The first-order valence-electron chi connectivity index (χ1n) is 10.9. The number of aromatic nitrogens is 1. The van der Waals surface area contributed by atoms with Gasteiger partial charge in [0.25, 0.3) is 5.91 Å². The molecule has 4 heteroatoms. The fourth-order valence-corrected chi connectivity index (χ4v) is 4.57. The third kappa shape index (κ3) is 4.96. The van der Waals surface area contributed by atoms with Gasteiger partial charge in [-0.1, -0.05) is 60.7 Å². The van der Waals surface area contributed by atoms with E-state index in [1.54, 1.807) is 12.1 Å². The van der Waals surface area contributed by atoms with Gasteiger partial charge in [-0.15, -0.1) is 0 Å². The van der Waals surface area contributed by atoms with Crippen molar-refractivity contribution in [3.8, 4) is 0 Å². The van der Waals surface area contributed by atoms with Crippen molar-refractivity contribution < 1.29 is 4.79 Å². The molecule has 3 aromatic rings. The number of carbonyl (C=O) groups is 1. The molecule has 156 valence electrons. The Morgan fingerprint density at radius 2 is 1.80 bits per heavy atom. The number of aryl methyl sites for hydroxylation is 1. The molecule has 3 nitrogen and oxygen atoms in total. The highest BCUT2D eigenvalue weighted by molar-refractivity contribution is 6.30. The summed E-state index contributed by atoms with van der Waals surface area (Å²) in [5.41, 5.74) is 4.43. The first kappa shape index (κ1) is 20.7. The lowest BCUT2D eigenvalue weighted by Crippen LogP contribution is -2.41. The van der Waals surface area contributed by atoms with Crippen molar-refractivity contribution >= 4 is 17.5 Å². The molecule has 1 aromatic heterocycles. The molecule has 2 aromatic carbocycles. The second-order valence-electron chi connectivity index (χ2n) is 8.35. The Morgan fingerprint density at radius 1 is 1.03 bits per heavy atom. The number of amides is 1. The summed E-state index contributed by atoms with van der Waals surface area (Å²) in [6.07, 6.45) is 7.93. The lowest BCUT2D eigenvalue weighted by Gasteiger charge is -2.35. The predicted octanol–water partition coefficient (Wildman–Crippen LogP) is 6.47. The Labute approximate surface area is 184 Å². The summed E-state index contributed by atoms with van der Waals surface area (Å²) >= 11 is 6.04. The van der Waals surface area contributed by atoms with Crippen molar-refractivity contribution in [2.75, 3.05) is 0 Å².